The van der Waals surface area contributed by atoms with Crippen molar-refractivity contribution >= 4 is 27.0 Å². The summed E-state index contributed by atoms with van der Waals surface area (Å²) >= 11 is 0. The summed E-state index contributed by atoms with van der Waals surface area (Å²) in [5.74, 6) is 0.797. The van der Waals surface area contributed by atoms with Gasteiger partial charge in [0.05, 0.1) is 11.8 Å². The highest BCUT2D eigenvalue weighted by Crippen LogP contribution is 2.26. The zero-order chi connectivity index (χ0) is 19.3. The number of carbonyl (C=O) groups is 1. The molecule has 0 aliphatic heterocycles. The van der Waals surface area contributed by atoms with Crippen LogP contribution in [0.4, 0.5) is 4.79 Å². The van der Waals surface area contributed by atoms with E-state index in [1.807, 2.05) is 37.3 Å². The molecule has 7 nitrogen and oxygen atoms in total. The number of carbonyl (C=O) groups excluding carboxylic acids is 1. The first-order valence-electron chi connectivity index (χ1n) is 8.69. The fourth-order valence-corrected chi connectivity index (χ4v) is 3.40. The summed E-state index contributed by atoms with van der Waals surface area (Å²) in [7, 11) is 0.0815. The molecule has 0 aliphatic rings. The predicted octanol–water partition coefficient (Wildman–Crippen LogP) is 2.81. The van der Waals surface area contributed by atoms with E-state index in [4.69, 9.17) is 4.42 Å². The maximum atomic E-state index is 12.3. The SMILES string of the molecule is CCS(=O)(=O)N(C)CCCNC(=O)N(C)C(C)c1cc2ccccc2o1. The first-order valence-corrected chi connectivity index (χ1v) is 10.3. The predicted molar refractivity (Wildman–Crippen MR) is 102 cm³/mol. The molecule has 1 aromatic carbocycles. The van der Waals surface area contributed by atoms with Crippen molar-refractivity contribution in [3.63, 3.8) is 0 Å². The van der Waals surface area contributed by atoms with Crippen molar-refractivity contribution in [3.05, 3.63) is 36.1 Å². The molecular weight excluding hydrogens is 354 g/mol. The zero-order valence-corrected chi connectivity index (χ0v) is 16.5. The minimum atomic E-state index is -3.18. The fraction of sp³-hybridized carbons (Fsp3) is 0.500. The van der Waals surface area contributed by atoms with E-state index in [-0.39, 0.29) is 17.8 Å². The van der Waals surface area contributed by atoms with Crippen LogP contribution in [0.5, 0.6) is 0 Å². The third-order valence-electron chi connectivity index (χ3n) is 4.52. The number of furan rings is 1. The summed E-state index contributed by atoms with van der Waals surface area (Å²) in [6.07, 6.45) is 0.550. The van der Waals surface area contributed by atoms with Gasteiger partial charge in [0, 0.05) is 32.6 Å². The highest BCUT2D eigenvalue weighted by atomic mass is 32.2. The number of benzene rings is 1. The zero-order valence-electron chi connectivity index (χ0n) is 15.7. The minimum Gasteiger partial charge on any atom is -0.459 e. The van der Waals surface area contributed by atoms with Gasteiger partial charge < -0.3 is 14.6 Å². The van der Waals surface area contributed by atoms with Gasteiger partial charge in [0.25, 0.3) is 0 Å². The van der Waals surface area contributed by atoms with Crippen LogP contribution in [0.15, 0.2) is 34.7 Å². The molecule has 1 unspecified atom stereocenters. The van der Waals surface area contributed by atoms with Gasteiger partial charge in [-0.2, -0.15) is 0 Å². The third-order valence-corrected chi connectivity index (χ3v) is 6.39. The Balaban J connectivity index is 1.85. The molecule has 0 spiro atoms. The Kier molecular flexibility index (Phi) is 6.66. The van der Waals surface area contributed by atoms with Crippen LogP contribution >= 0.6 is 0 Å². The lowest BCUT2D eigenvalue weighted by atomic mass is 10.2. The van der Waals surface area contributed by atoms with Gasteiger partial charge in [-0.25, -0.2) is 17.5 Å². The van der Waals surface area contributed by atoms with Crippen molar-refractivity contribution in [2.24, 2.45) is 0 Å². The number of sulfonamides is 1. The van der Waals surface area contributed by atoms with Gasteiger partial charge in [-0.3, -0.25) is 0 Å². The molecule has 0 saturated carbocycles. The molecule has 2 amide bonds. The highest BCUT2D eigenvalue weighted by Gasteiger charge is 2.20. The largest absolute Gasteiger partial charge is 0.459 e. The van der Waals surface area contributed by atoms with E-state index in [9.17, 15) is 13.2 Å². The number of fused-ring (bicyclic) bond motifs is 1. The molecule has 0 radical (unpaired) electrons. The van der Waals surface area contributed by atoms with E-state index in [0.29, 0.717) is 19.5 Å². The molecular formula is C18H27N3O4S. The lowest BCUT2D eigenvalue weighted by Crippen LogP contribution is -2.40. The molecule has 2 rings (SSSR count). The second-order valence-corrected chi connectivity index (χ2v) is 8.65. The maximum absolute atomic E-state index is 12.3. The van der Waals surface area contributed by atoms with Crippen LogP contribution < -0.4 is 5.32 Å². The molecule has 1 heterocycles. The Bertz CT molecular complexity index is 814. The summed E-state index contributed by atoms with van der Waals surface area (Å²) in [6.45, 7) is 4.29. The number of rotatable bonds is 8. The molecule has 144 valence electrons. The first-order chi connectivity index (χ1) is 12.3. The van der Waals surface area contributed by atoms with E-state index < -0.39 is 10.0 Å². The Morgan fingerprint density at radius 1 is 1.27 bits per heavy atom. The summed E-state index contributed by atoms with van der Waals surface area (Å²) in [5.41, 5.74) is 0.795. The van der Waals surface area contributed by atoms with Crippen LogP contribution in [0.2, 0.25) is 0 Å². The number of nitrogens with zero attached hydrogens (tertiary/aromatic N) is 2. The molecule has 0 fully saturated rings. The van der Waals surface area contributed by atoms with Gasteiger partial charge in [0.2, 0.25) is 10.0 Å². The second kappa shape index (κ2) is 8.55. The summed E-state index contributed by atoms with van der Waals surface area (Å²) in [5, 5.41) is 3.82. The Hall–Kier alpha value is -2.06. The van der Waals surface area contributed by atoms with Crippen molar-refractivity contribution in [1.29, 1.82) is 0 Å². The van der Waals surface area contributed by atoms with Crippen molar-refractivity contribution in [3.8, 4) is 0 Å². The average Bonchev–Trinajstić information content (AvgIpc) is 3.07. The van der Waals surface area contributed by atoms with Gasteiger partial charge in [-0.1, -0.05) is 18.2 Å². The number of urea groups is 1. The maximum Gasteiger partial charge on any atom is 0.317 e. The summed E-state index contributed by atoms with van der Waals surface area (Å²) < 4.78 is 30.5. The monoisotopic (exact) mass is 381 g/mol. The fourth-order valence-electron chi connectivity index (χ4n) is 2.56. The molecule has 1 atom stereocenters. The average molecular weight is 381 g/mol. The lowest BCUT2D eigenvalue weighted by Gasteiger charge is -2.24. The quantitative estimate of drug-likeness (QED) is 0.713. The molecule has 26 heavy (non-hydrogen) atoms. The van der Waals surface area contributed by atoms with Gasteiger partial charge in [0.15, 0.2) is 0 Å². The van der Waals surface area contributed by atoms with E-state index >= 15 is 0 Å². The molecule has 0 saturated heterocycles. The number of para-hydroxylation sites is 1. The van der Waals surface area contributed by atoms with Crippen LogP contribution in [-0.2, 0) is 10.0 Å². The highest BCUT2D eigenvalue weighted by molar-refractivity contribution is 7.89. The number of hydrogen-bond acceptors (Lipinski definition) is 4. The van der Waals surface area contributed by atoms with Crippen molar-refractivity contribution in [2.75, 3.05) is 32.9 Å². The van der Waals surface area contributed by atoms with Crippen molar-refractivity contribution < 1.29 is 17.6 Å². The van der Waals surface area contributed by atoms with E-state index in [2.05, 4.69) is 5.32 Å². The standard InChI is InChI=1S/C18H27N3O4S/c1-5-26(23,24)20(3)12-8-11-19-18(22)21(4)14(2)17-13-15-9-6-7-10-16(15)25-17/h6-7,9-10,13-14H,5,8,11-12H2,1-4H3,(H,19,22). The van der Waals surface area contributed by atoms with Gasteiger partial charge in [-0.05, 0) is 32.4 Å². The third kappa shape index (κ3) is 4.76. The Labute approximate surface area is 155 Å². The van der Waals surface area contributed by atoms with Gasteiger partial charge >= 0.3 is 6.03 Å². The van der Waals surface area contributed by atoms with E-state index in [1.54, 1.807) is 25.9 Å². The molecule has 2 aromatic rings. The van der Waals surface area contributed by atoms with Crippen molar-refractivity contribution in [2.45, 2.75) is 26.3 Å². The number of hydrogen-bond donors (Lipinski definition) is 1. The van der Waals surface area contributed by atoms with Crippen LogP contribution in [0.3, 0.4) is 0 Å². The number of nitrogens with one attached hydrogen (secondary N) is 1. The number of amides is 2. The van der Waals surface area contributed by atoms with Gasteiger partial charge in [0.1, 0.15) is 11.3 Å². The smallest absolute Gasteiger partial charge is 0.317 e. The Morgan fingerprint density at radius 3 is 2.62 bits per heavy atom. The molecule has 8 heteroatoms. The molecule has 0 bridgehead atoms. The van der Waals surface area contributed by atoms with Crippen LogP contribution in [0, 0.1) is 0 Å². The molecule has 0 aliphatic carbocycles. The second-order valence-electron chi connectivity index (χ2n) is 6.28. The van der Waals surface area contributed by atoms with E-state index in [0.717, 1.165) is 16.7 Å². The van der Waals surface area contributed by atoms with E-state index in [1.165, 1.54) is 4.31 Å². The Morgan fingerprint density at radius 2 is 1.96 bits per heavy atom. The molecule has 1 aromatic heterocycles. The van der Waals surface area contributed by atoms with Gasteiger partial charge in [-0.15, -0.1) is 0 Å². The summed E-state index contributed by atoms with van der Waals surface area (Å²) in [4.78, 5) is 13.9. The van der Waals surface area contributed by atoms with Crippen LogP contribution in [-0.4, -0.2) is 56.6 Å². The van der Waals surface area contributed by atoms with Crippen LogP contribution in [0.1, 0.15) is 32.1 Å². The minimum absolute atomic E-state index is 0.0770. The lowest BCUT2D eigenvalue weighted by molar-refractivity contribution is 0.188. The van der Waals surface area contributed by atoms with Crippen molar-refractivity contribution in [1.82, 2.24) is 14.5 Å². The van der Waals surface area contributed by atoms with Crippen LogP contribution in [0.25, 0.3) is 11.0 Å². The summed E-state index contributed by atoms with van der Waals surface area (Å²) in [6, 6.07) is 9.21. The normalized spacial score (nSPS) is 13.1. The first kappa shape index (κ1) is 20.3. The topological polar surface area (TPSA) is 82.9 Å². The molecule has 1 N–H and O–H groups in total.